The minimum absolute atomic E-state index is 0.0835. The molecule has 2 aromatic heterocycles. The molecule has 9 nitrogen and oxygen atoms in total. The number of hydrogen-bond donors (Lipinski definition) is 1. The number of nitrogens with one attached hydrogen (secondary N) is 1. The first-order chi connectivity index (χ1) is 19.2. The topological polar surface area (TPSA) is 98.6 Å². The Morgan fingerprint density at radius 3 is 2.77 bits per heavy atom. The molecule has 5 rings (SSSR count). The smallest absolute Gasteiger partial charge is 0.433 e. The van der Waals surface area contributed by atoms with Gasteiger partial charge in [-0.2, -0.15) is 13.2 Å². The molecule has 2 aliphatic rings. The lowest BCUT2D eigenvalue weighted by Gasteiger charge is -2.26. The fourth-order valence-electron chi connectivity index (χ4n) is 5.25. The molecule has 2 aliphatic heterocycles. The number of benzene rings is 1. The van der Waals surface area contributed by atoms with Crippen LogP contribution < -0.4 is 10.1 Å². The summed E-state index contributed by atoms with van der Waals surface area (Å²) in [5.74, 6) is -0.124. The lowest BCUT2D eigenvalue weighted by atomic mass is 10.1. The van der Waals surface area contributed by atoms with Gasteiger partial charge in [-0.15, -0.1) is 0 Å². The molecule has 4 heterocycles. The molecular formula is C28H30F3N5O4. The van der Waals surface area contributed by atoms with E-state index in [4.69, 9.17) is 9.47 Å². The van der Waals surface area contributed by atoms with Crippen molar-refractivity contribution in [2.24, 2.45) is 0 Å². The molecule has 0 aliphatic carbocycles. The maximum absolute atomic E-state index is 13.2. The van der Waals surface area contributed by atoms with Gasteiger partial charge in [0.05, 0.1) is 30.3 Å². The van der Waals surface area contributed by atoms with E-state index in [1.807, 2.05) is 17.6 Å². The fraction of sp³-hybridized carbons (Fsp3) is 0.429. The number of imidazole rings is 1. The molecule has 2 fully saturated rings. The van der Waals surface area contributed by atoms with Crippen LogP contribution in [-0.4, -0.2) is 63.7 Å². The lowest BCUT2D eigenvalue weighted by molar-refractivity contribution is -0.141. The van der Waals surface area contributed by atoms with E-state index < -0.39 is 17.8 Å². The zero-order chi connectivity index (χ0) is 28.4. The van der Waals surface area contributed by atoms with Crippen LogP contribution in [0.2, 0.25) is 0 Å². The molecule has 2 atom stereocenters. The third kappa shape index (κ3) is 5.67. The van der Waals surface area contributed by atoms with Gasteiger partial charge in [-0.25, -0.2) is 4.98 Å². The van der Waals surface area contributed by atoms with Crippen molar-refractivity contribution < 1.29 is 32.2 Å². The lowest BCUT2D eigenvalue weighted by Crippen LogP contribution is -2.34. The highest BCUT2D eigenvalue weighted by atomic mass is 19.4. The van der Waals surface area contributed by atoms with Crippen molar-refractivity contribution in [3.63, 3.8) is 0 Å². The summed E-state index contributed by atoms with van der Waals surface area (Å²) in [7, 11) is 0. The number of aromatic nitrogens is 3. The minimum Gasteiger partial charge on any atom is -0.488 e. The number of hydrogen-bond acceptors (Lipinski definition) is 6. The Balaban J connectivity index is 1.57. The van der Waals surface area contributed by atoms with Gasteiger partial charge in [0.15, 0.2) is 0 Å². The number of likely N-dealkylation sites (tertiary alicyclic amines) is 1. The van der Waals surface area contributed by atoms with Crippen molar-refractivity contribution in [2.45, 2.75) is 50.9 Å². The van der Waals surface area contributed by atoms with Gasteiger partial charge < -0.3 is 18.9 Å². The Morgan fingerprint density at radius 1 is 1.23 bits per heavy atom. The summed E-state index contributed by atoms with van der Waals surface area (Å²) in [5, 5.41) is 2.72. The van der Waals surface area contributed by atoms with Gasteiger partial charge in [-0.05, 0) is 56.5 Å². The number of carbonyl (C=O) groups is 2. The highest BCUT2D eigenvalue weighted by molar-refractivity contribution is 6.04. The molecule has 0 unspecified atom stereocenters. The first kappa shape index (κ1) is 27.6. The van der Waals surface area contributed by atoms with E-state index in [1.54, 1.807) is 11.0 Å². The summed E-state index contributed by atoms with van der Waals surface area (Å²) in [5.41, 5.74) is 0.734. The van der Waals surface area contributed by atoms with Crippen LogP contribution in [0.15, 0.2) is 43.1 Å². The van der Waals surface area contributed by atoms with E-state index in [-0.39, 0.29) is 29.6 Å². The predicted molar refractivity (Wildman–Crippen MR) is 141 cm³/mol. The molecule has 0 radical (unpaired) electrons. The van der Waals surface area contributed by atoms with Crippen LogP contribution in [0.4, 0.5) is 19.1 Å². The van der Waals surface area contributed by atoms with E-state index in [0.29, 0.717) is 50.1 Å². The summed E-state index contributed by atoms with van der Waals surface area (Å²) in [6.07, 6.45) is 0.547. The van der Waals surface area contributed by atoms with Gasteiger partial charge in [0.1, 0.15) is 17.5 Å². The highest BCUT2D eigenvalue weighted by Crippen LogP contribution is 2.36. The zero-order valence-corrected chi connectivity index (χ0v) is 22.0. The highest BCUT2D eigenvalue weighted by Gasteiger charge is 2.33. The number of carbonyl (C=O) groups excluding carboxylic acids is 2. The number of nitrogens with zero attached hydrogens (tertiary/aromatic N) is 4. The van der Waals surface area contributed by atoms with Crippen molar-refractivity contribution in [3.8, 4) is 5.75 Å². The number of anilines is 1. The second-order valence-electron chi connectivity index (χ2n) is 9.98. The van der Waals surface area contributed by atoms with Gasteiger partial charge in [0.2, 0.25) is 11.9 Å². The van der Waals surface area contributed by atoms with Gasteiger partial charge >= 0.3 is 6.18 Å². The van der Waals surface area contributed by atoms with Gasteiger partial charge in [0, 0.05) is 36.8 Å². The third-order valence-corrected chi connectivity index (χ3v) is 7.27. The largest absolute Gasteiger partial charge is 0.488 e. The Hall–Kier alpha value is -3.93. The second kappa shape index (κ2) is 11.3. The molecule has 2 amide bonds. The van der Waals surface area contributed by atoms with Crippen molar-refractivity contribution >= 4 is 28.8 Å². The van der Waals surface area contributed by atoms with Crippen LogP contribution in [0.1, 0.15) is 53.3 Å². The molecule has 3 aromatic rings. The number of fused-ring (bicyclic) bond motifs is 1. The first-order valence-electron chi connectivity index (χ1n) is 13.2. The van der Waals surface area contributed by atoms with E-state index in [1.165, 1.54) is 12.1 Å². The van der Waals surface area contributed by atoms with Gasteiger partial charge in [0.25, 0.3) is 5.91 Å². The summed E-state index contributed by atoms with van der Waals surface area (Å²) in [6.45, 7) is 7.56. The normalized spacial score (nSPS) is 19.9. The molecule has 0 bridgehead atoms. The van der Waals surface area contributed by atoms with Crippen molar-refractivity contribution in [2.75, 3.05) is 31.6 Å². The van der Waals surface area contributed by atoms with Crippen LogP contribution in [0, 0.1) is 6.92 Å². The summed E-state index contributed by atoms with van der Waals surface area (Å²) in [6, 6.07) is 5.27. The Kier molecular flexibility index (Phi) is 7.79. The predicted octanol–water partition coefficient (Wildman–Crippen LogP) is 4.92. The molecule has 0 saturated carbocycles. The SMILES string of the molecule is C=CC(=O)N1CCCC[C@@H](n2c(NC(=O)c3ccnc(C(F)(F)F)c3)nc3ccc(O[C@H]4CCOC4)c(C)c32)C1. The number of rotatable bonds is 6. The molecule has 12 heteroatoms. The second-order valence-corrected chi connectivity index (χ2v) is 9.98. The Labute approximate surface area is 229 Å². The van der Waals surface area contributed by atoms with E-state index in [0.717, 1.165) is 36.5 Å². The summed E-state index contributed by atoms with van der Waals surface area (Å²) in [4.78, 5) is 35.5. The average Bonchev–Trinajstić information content (AvgIpc) is 3.50. The number of aryl methyl sites for hydroxylation is 1. The van der Waals surface area contributed by atoms with E-state index in [2.05, 4.69) is 21.9 Å². The van der Waals surface area contributed by atoms with Crippen LogP contribution in [0.25, 0.3) is 11.0 Å². The molecular weight excluding hydrogens is 527 g/mol. The number of ether oxygens (including phenoxy) is 2. The molecule has 2 saturated heterocycles. The number of pyridine rings is 1. The quantitative estimate of drug-likeness (QED) is 0.432. The monoisotopic (exact) mass is 557 g/mol. The van der Waals surface area contributed by atoms with E-state index >= 15 is 0 Å². The van der Waals surface area contributed by atoms with Crippen LogP contribution in [0.5, 0.6) is 5.75 Å². The summed E-state index contributed by atoms with van der Waals surface area (Å²) >= 11 is 0. The van der Waals surface area contributed by atoms with Gasteiger partial charge in [-0.1, -0.05) is 6.58 Å². The number of amides is 2. The van der Waals surface area contributed by atoms with E-state index in [9.17, 15) is 22.8 Å². The molecule has 1 aromatic carbocycles. The summed E-state index contributed by atoms with van der Waals surface area (Å²) < 4.78 is 53.2. The third-order valence-electron chi connectivity index (χ3n) is 7.27. The zero-order valence-electron chi connectivity index (χ0n) is 22.0. The number of halogens is 3. The number of alkyl halides is 3. The maximum Gasteiger partial charge on any atom is 0.433 e. The first-order valence-corrected chi connectivity index (χ1v) is 13.2. The van der Waals surface area contributed by atoms with Crippen LogP contribution in [-0.2, 0) is 15.7 Å². The molecule has 212 valence electrons. The molecule has 0 spiro atoms. The minimum atomic E-state index is -4.69. The van der Waals surface area contributed by atoms with Crippen molar-refractivity contribution in [1.82, 2.24) is 19.4 Å². The van der Waals surface area contributed by atoms with Gasteiger partial charge in [-0.3, -0.25) is 19.9 Å². The molecule has 40 heavy (non-hydrogen) atoms. The standard InChI is InChI=1S/C28H30F3N5O4/c1-3-24(37)35-12-5-4-6-19(15-35)36-25-17(2)22(40-20-10-13-39-16-20)8-7-21(25)33-27(36)34-26(38)18-9-11-32-23(14-18)28(29,30)31/h3,7-9,11,14,19-20H,1,4-6,10,12-13,15-16H2,2H3,(H,33,34,38)/t19-,20+/m1/s1. The van der Waals surface area contributed by atoms with Crippen molar-refractivity contribution in [1.29, 1.82) is 0 Å². The van der Waals surface area contributed by atoms with Crippen molar-refractivity contribution in [3.05, 3.63) is 59.9 Å². The Morgan fingerprint density at radius 2 is 2.05 bits per heavy atom. The van der Waals surface area contributed by atoms with Crippen LogP contribution in [0.3, 0.4) is 0 Å². The maximum atomic E-state index is 13.2. The van der Waals surface area contributed by atoms with Crippen LogP contribution >= 0.6 is 0 Å². The Bertz CT molecular complexity index is 1430. The molecule has 1 N–H and O–H groups in total. The fourth-order valence-corrected chi connectivity index (χ4v) is 5.25. The average molecular weight is 558 g/mol.